The second kappa shape index (κ2) is 16.2. The zero-order valence-electron chi connectivity index (χ0n) is 26.9. The molecule has 1 fully saturated rings. The highest BCUT2D eigenvalue weighted by Gasteiger charge is 2.61. The van der Waals surface area contributed by atoms with Crippen LogP contribution in [-0.2, 0) is 42.0 Å². The summed E-state index contributed by atoms with van der Waals surface area (Å²) >= 11 is 0. The Morgan fingerprint density at radius 2 is 1.64 bits per heavy atom. The number of hydrogen-bond donors (Lipinski definition) is 3. The van der Waals surface area contributed by atoms with Crippen LogP contribution < -0.4 is 25.9 Å². The Morgan fingerprint density at radius 1 is 1.04 bits per heavy atom. The van der Waals surface area contributed by atoms with E-state index in [1.807, 2.05) is 4.98 Å². The molecule has 2 heterocycles. The van der Waals surface area contributed by atoms with E-state index in [0.717, 1.165) is 23.8 Å². The molecule has 19 heteroatoms. The second-order valence-electron chi connectivity index (χ2n) is 11.3. The van der Waals surface area contributed by atoms with Crippen LogP contribution in [0.25, 0.3) is 0 Å². The maximum absolute atomic E-state index is 16.6. The van der Waals surface area contributed by atoms with Crippen molar-refractivity contribution >= 4 is 27.9 Å². The number of hydrogen-bond acceptors (Lipinski definition) is 12. The minimum atomic E-state index is -4.48. The average Bonchev–Trinajstić information content (AvgIpc) is 3.20. The molecule has 1 aromatic carbocycles. The summed E-state index contributed by atoms with van der Waals surface area (Å²) in [6.07, 6.45) is -5.02. The lowest BCUT2D eigenvalue weighted by atomic mass is 9.98. The van der Waals surface area contributed by atoms with Gasteiger partial charge in [0.15, 0.2) is 18.0 Å². The highest BCUT2D eigenvalue weighted by Crippen LogP contribution is 2.49. The van der Waals surface area contributed by atoms with Crippen LogP contribution in [0, 0.1) is 0 Å². The molecule has 3 rings (SSSR count). The zero-order valence-corrected chi connectivity index (χ0v) is 28.7. The van der Waals surface area contributed by atoms with Crippen molar-refractivity contribution in [3.63, 3.8) is 0 Å². The van der Waals surface area contributed by atoms with Gasteiger partial charge in [0.2, 0.25) is 0 Å². The predicted molar refractivity (Wildman–Crippen MR) is 166 cm³/mol. The minimum Gasteiger partial charge on any atom is -0.462 e. The number of alkyl halides is 1. The topological polar surface area (TPSA) is 203 Å². The molecule has 0 amide bonds. The largest absolute Gasteiger partial charge is 0.614 e. The van der Waals surface area contributed by atoms with E-state index in [1.54, 1.807) is 45.9 Å². The lowest BCUT2D eigenvalue weighted by Crippen LogP contribution is -2.45. The van der Waals surface area contributed by atoms with Gasteiger partial charge in [-0.1, -0.05) is 23.3 Å². The van der Waals surface area contributed by atoms with E-state index in [1.165, 1.54) is 26.0 Å². The zero-order chi connectivity index (χ0) is 35.1. The fourth-order valence-corrected chi connectivity index (χ4v) is 6.84. The van der Waals surface area contributed by atoms with Crippen LogP contribution in [0.4, 0.5) is 4.39 Å². The number of nitrogens with zero attached hydrogens (tertiary/aromatic N) is 1. The maximum atomic E-state index is 16.6. The lowest BCUT2D eigenvalue weighted by Gasteiger charge is -2.25. The van der Waals surface area contributed by atoms with E-state index in [9.17, 15) is 28.3 Å². The van der Waals surface area contributed by atoms with Gasteiger partial charge in [0.05, 0.1) is 18.8 Å². The second-order valence-corrected chi connectivity index (χ2v) is 14.0. The molecule has 0 aliphatic carbocycles. The van der Waals surface area contributed by atoms with E-state index in [-0.39, 0.29) is 5.75 Å². The molecule has 1 aliphatic heterocycles. The molecule has 1 saturated heterocycles. The van der Waals surface area contributed by atoms with Crippen molar-refractivity contribution in [2.75, 3.05) is 6.61 Å². The Bertz CT molecular complexity index is 1570. The molecule has 47 heavy (non-hydrogen) atoms. The quantitative estimate of drug-likeness (QED) is 0.170. The highest BCUT2D eigenvalue weighted by molar-refractivity contribution is 7.52. The third kappa shape index (κ3) is 10.6. The summed E-state index contributed by atoms with van der Waals surface area (Å²) in [4.78, 5) is 51.0. The third-order valence-electron chi connectivity index (χ3n) is 6.43. The van der Waals surface area contributed by atoms with Crippen molar-refractivity contribution in [2.24, 2.45) is 0 Å². The third-order valence-corrected chi connectivity index (χ3v) is 9.09. The summed E-state index contributed by atoms with van der Waals surface area (Å²) < 4.78 is 77.3. The number of carbonyl (C=O) groups is 2. The van der Waals surface area contributed by atoms with Crippen LogP contribution in [-0.4, -0.2) is 70.3 Å². The van der Waals surface area contributed by atoms with Crippen LogP contribution >= 0.6 is 15.9 Å². The number of H-pyrrole nitrogens is 1. The Labute approximate surface area is 271 Å². The molecule has 16 nitrogen and oxygen atoms in total. The molecular weight excluding hydrogens is 665 g/mol. The number of halogens is 1. The van der Waals surface area contributed by atoms with Crippen LogP contribution in [0.1, 0.15) is 54.7 Å². The lowest BCUT2D eigenvalue weighted by molar-refractivity contribution is -0.149. The number of aromatic nitrogens is 2. The minimum absolute atomic E-state index is 0.0930. The van der Waals surface area contributed by atoms with Crippen LogP contribution in [0.3, 0.4) is 0 Å². The molecule has 0 radical (unpaired) electrons. The molecule has 0 saturated carbocycles. The number of rotatable bonds is 16. The normalized spacial score (nSPS) is 24.0. The molecular formula is C28H40FN4O12P2+. The van der Waals surface area contributed by atoms with Gasteiger partial charge in [-0.15, -0.1) is 4.52 Å². The number of carbonyl (C=O) groups excluding carboxylic acids is 2. The predicted octanol–water partition coefficient (Wildman–Crippen LogP) is 3.27. The first-order valence-corrected chi connectivity index (χ1v) is 17.4. The Kier molecular flexibility index (Phi) is 13.2. The Balaban J connectivity index is 1.92. The number of aromatic amines is 1. The van der Waals surface area contributed by atoms with Crippen LogP contribution in [0.5, 0.6) is 5.75 Å². The monoisotopic (exact) mass is 705 g/mol. The standard InChI is InChI=1S/C28H39FN4O12P2/c1-16(2)41-24(35)18(5)31-46(38)44-23-21(43-26(28(23,7)29)33-14-13-22(34)30-27(33)37)15-40-47(39,45-20-11-9-8-10-12-20)32-19(6)25(36)42-17(3)4/h8-14,16-19,21,23,26H,15H2,1-7H3,(H2-,30,31,32,34,37,38,39)/p+1/t18-,19-,21+,23+,26+,28+,47?/m0/s1. The molecule has 0 bridgehead atoms. The van der Waals surface area contributed by atoms with Gasteiger partial charge in [-0.3, -0.25) is 28.5 Å². The molecule has 3 N–H and O–H groups in total. The van der Waals surface area contributed by atoms with Gasteiger partial charge in [-0.05, 0) is 65.2 Å². The van der Waals surface area contributed by atoms with E-state index in [0.29, 0.717) is 0 Å². The number of esters is 2. The number of benzene rings is 1. The maximum Gasteiger partial charge on any atom is 0.614 e. The van der Waals surface area contributed by atoms with Crippen molar-refractivity contribution < 1.29 is 50.9 Å². The van der Waals surface area contributed by atoms with Crippen molar-refractivity contribution in [1.29, 1.82) is 0 Å². The summed E-state index contributed by atoms with van der Waals surface area (Å²) in [5.41, 5.74) is -4.41. The SMILES string of the molecule is CC(C)OC(=O)[C@H](C)N[P+](=O)O[C@@H]1[C@@H](COP(=O)(N[C@@H](C)C(=O)OC(C)C)Oc2ccccc2)O[C@@H](n2ccc(=O)[nH]c2=O)[C@]1(C)F. The summed E-state index contributed by atoms with van der Waals surface area (Å²) in [5, 5.41) is 4.88. The fraction of sp³-hybridized carbons (Fsp3) is 0.571. The van der Waals surface area contributed by atoms with Crippen LogP contribution in [0.2, 0.25) is 0 Å². The molecule has 2 aromatic rings. The van der Waals surface area contributed by atoms with E-state index in [2.05, 4.69) is 10.2 Å². The number of nitrogens with one attached hydrogen (secondary N) is 3. The summed E-state index contributed by atoms with van der Waals surface area (Å²) in [6.45, 7) is 9.48. The molecule has 8 atom stereocenters. The van der Waals surface area contributed by atoms with Gasteiger partial charge >= 0.3 is 33.6 Å². The van der Waals surface area contributed by atoms with Gasteiger partial charge in [-0.2, -0.15) is 5.09 Å². The summed E-state index contributed by atoms with van der Waals surface area (Å²) in [6, 6.07) is 6.48. The van der Waals surface area contributed by atoms with Gasteiger partial charge in [0.1, 0.15) is 23.9 Å². The molecule has 260 valence electrons. The van der Waals surface area contributed by atoms with Gasteiger partial charge in [0, 0.05) is 12.3 Å². The molecule has 2 unspecified atom stereocenters. The van der Waals surface area contributed by atoms with E-state index >= 15 is 4.39 Å². The molecule has 0 spiro atoms. The number of ether oxygens (including phenoxy) is 3. The fourth-order valence-electron chi connectivity index (χ4n) is 4.31. The smallest absolute Gasteiger partial charge is 0.462 e. The van der Waals surface area contributed by atoms with Gasteiger partial charge in [-0.25, -0.2) is 13.8 Å². The molecule has 1 aliphatic rings. The van der Waals surface area contributed by atoms with Gasteiger partial charge in [0.25, 0.3) is 5.56 Å². The Hall–Kier alpha value is -3.30. The van der Waals surface area contributed by atoms with Crippen LogP contribution in [0.15, 0.2) is 52.2 Å². The van der Waals surface area contributed by atoms with Crippen molar-refractivity contribution in [2.45, 2.75) is 96.9 Å². The highest BCUT2D eigenvalue weighted by atomic mass is 31.2. The Morgan fingerprint density at radius 3 is 2.21 bits per heavy atom. The number of para-hydroxylation sites is 1. The van der Waals surface area contributed by atoms with Crippen molar-refractivity contribution in [3.05, 3.63) is 63.4 Å². The van der Waals surface area contributed by atoms with Gasteiger partial charge < -0.3 is 18.7 Å². The van der Waals surface area contributed by atoms with E-state index in [4.69, 9.17) is 27.8 Å². The molecule has 1 aromatic heterocycles. The average molecular weight is 706 g/mol. The summed E-state index contributed by atoms with van der Waals surface area (Å²) in [7, 11) is -7.46. The summed E-state index contributed by atoms with van der Waals surface area (Å²) in [5.74, 6) is -1.42. The first-order valence-electron chi connectivity index (χ1n) is 14.7. The first kappa shape index (κ1) is 38.2. The van der Waals surface area contributed by atoms with Crippen molar-refractivity contribution in [3.8, 4) is 5.75 Å². The first-order chi connectivity index (χ1) is 21.9. The van der Waals surface area contributed by atoms with E-state index < -0.39 is 94.1 Å². The van der Waals surface area contributed by atoms with Crippen molar-refractivity contribution in [1.82, 2.24) is 19.7 Å².